The summed E-state index contributed by atoms with van der Waals surface area (Å²) >= 11 is 1.00. The smallest absolute Gasteiger partial charge is 0.289 e. The van der Waals surface area contributed by atoms with E-state index in [1.165, 1.54) is 17.0 Å². The van der Waals surface area contributed by atoms with Gasteiger partial charge in [-0.1, -0.05) is 30.0 Å². The second-order valence-corrected chi connectivity index (χ2v) is 6.96. The van der Waals surface area contributed by atoms with Crippen LogP contribution in [0.5, 0.6) is 11.5 Å². The van der Waals surface area contributed by atoms with Crippen LogP contribution in [0.25, 0.3) is 0 Å². The molecule has 0 bridgehead atoms. The third-order valence-electron chi connectivity index (χ3n) is 4.16. The van der Waals surface area contributed by atoms with Crippen LogP contribution in [0.4, 0.5) is 9.18 Å². The number of amides is 2. The summed E-state index contributed by atoms with van der Waals surface area (Å²) in [7, 11) is 3.12. The van der Waals surface area contributed by atoms with E-state index in [9.17, 15) is 14.0 Å². The molecule has 2 amide bonds. The lowest BCUT2D eigenvalue weighted by Crippen LogP contribution is -2.31. The number of hydrogen-bond donors (Lipinski definition) is 0. The van der Waals surface area contributed by atoms with Gasteiger partial charge in [0, 0.05) is 6.07 Å². The zero-order chi connectivity index (χ0) is 18.7. The summed E-state index contributed by atoms with van der Waals surface area (Å²) in [5, 5.41) is -0.804. The summed E-state index contributed by atoms with van der Waals surface area (Å²) in [6.45, 7) is 0.140. The van der Waals surface area contributed by atoms with Gasteiger partial charge in [0.2, 0.25) is 5.91 Å². The van der Waals surface area contributed by atoms with E-state index in [1.54, 1.807) is 38.5 Å². The minimum absolute atomic E-state index is 0.140. The van der Waals surface area contributed by atoms with Crippen LogP contribution < -0.4 is 9.47 Å². The number of carbonyl (C=O) groups is 2. The van der Waals surface area contributed by atoms with Gasteiger partial charge in [0.25, 0.3) is 5.24 Å². The molecule has 7 heteroatoms. The van der Waals surface area contributed by atoms with Gasteiger partial charge in [-0.15, -0.1) is 0 Å². The number of halogens is 1. The molecule has 2 aromatic carbocycles. The average Bonchev–Trinajstić information content (AvgIpc) is 2.91. The summed E-state index contributed by atoms with van der Waals surface area (Å²) in [6, 6.07) is 11.1. The third kappa shape index (κ3) is 3.83. The lowest BCUT2D eigenvalue weighted by molar-refractivity contribution is -0.127. The second-order valence-electron chi connectivity index (χ2n) is 5.81. The molecule has 1 heterocycles. The summed E-state index contributed by atoms with van der Waals surface area (Å²) in [5.74, 6) is 0.668. The molecule has 3 rings (SSSR count). The van der Waals surface area contributed by atoms with Crippen LogP contribution in [-0.2, 0) is 17.8 Å². The van der Waals surface area contributed by atoms with Crippen molar-refractivity contribution in [1.82, 2.24) is 4.90 Å². The Labute approximate surface area is 155 Å². The normalized spacial score (nSPS) is 16.9. The molecular formula is C19H18FNO4S. The maximum atomic E-state index is 13.0. The molecule has 1 atom stereocenters. The molecule has 1 saturated heterocycles. The van der Waals surface area contributed by atoms with Crippen molar-refractivity contribution in [2.45, 2.75) is 18.2 Å². The Hall–Kier alpha value is -2.54. The van der Waals surface area contributed by atoms with Gasteiger partial charge in [-0.25, -0.2) is 4.39 Å². The lowest BCUT2D eigenvalue weighted by Gasteiger charge is -2.15. The van der Waals surface area contributed by atoms with Crippen molar-refractivity contribution < 1.29 is 23.5 Å². The average molecular weight is 375 g/mol. The van der Waals surface area contributed by atoms with Crippen LogP contribution >= 0.6 is 11.8 Å². The first-order chi connectivity index (χ1) is 12.5. The first-order valence-electron chi connectivity index (χ1n) is 7.99. The molecule has 1 fully saturated rings. The predicted molar refractivity (Wildman–Crippen MR) is 97.0 cm³/mol. The molecule has 0 N–H and O–H groups in total. The fraction of sp³-hybridized carbons (Fsp3) is 0.263. The molecule has 1 aliphatic heterocycles. The molecule has 2 aromatic rings. The molecule has 5 nitrogen and oxygen atoms in total. The molecule has 0 unspecified atom stereocenters. The highest BCUT2D eigenvalue weighted by Crippen LogP contribution is 2.34. The van der Waals surface area contributed by atoms with Crippen molar-refractivity contribution in [3.05, 3.63) is 59.4 Å². The van der Waals surface area contributed by atoms with E-state index in [2.05, 4.69) is 0 Å². The fourth-order valence-electron chi connectivity index (χ4n) is 2.76. The van der Waals surface area contributed by atoms with E-state index in [4.69, 9.17) is 9.47 Å². The molecule has 0 radical (unpaired) electrons. The van der Waals surface area contributed by atoms with Crippen molar-refractivity contribution in [2.24, 2.45) is 0 Å². The van der Waals surface area contributed by atoms with E-state index in [0.29, 0.717) is 23.5 Å². The summed E-state index contributed by atoms with van der Waals surface area (Å²) in [4.78, 5) is 26.1. The monoisotopic (exact) mass is 375 g/mol. The number of benzene rings is 2. The SMILES string of the molecule is COc1ccc(C[C@H]2SC(=O)N(Cc3ccc(F)cc3)C2=O)c(OC)c1. The number of hydrogen-bond acceptors (Lipinski definition) is 5. The van der Waals surface area contributed by atoms with Crippen molar-refractivity contribution >= 4 is 22.9 Å². The van der Waals surface area contributed by atoms with Gasteiger partial charge in [-0.05, 0) is 35.7 Å². The summed E-state index contributed by atoms with van der Waals surface area (Å²) in [5.41, 5.74) is 1.53. The van der Waals surface area contributed by atoms with Crippen molar-refractivity contribution in [1.29, 1.82) is 0 Å². The van der Waals surface area contributed by atoms with Crippen molar-refractivity contribution in [3.8, 4) is 11.5 Å². The molecule has 0 spiro atoms. The maximum absolute atomic E-state index is 13.0. The van der Waals surface area contributed by atoms with E-state index in [-0.39, 0.29) is 23.5 Å². The lowest BCUT2D eigenvalue weighted by atomic mass is 10.1. The Balaban J connectivity index is 1.73. The maximum Gasteiger partial charge on any atom is 0.289 e. The van der Waals surface area contributed by atoms with Crippen LogP contribution in [0.3, 0.4) is 0 Å². The zero-order valence-electron chi connectivity index (χ0n) is 14.4. The largest absolute Gasteiger partial charge is 0.497 e. The molecular weight excluding hydrogens is 357 g/mol. The molecule has 0 aromatic heterocycles. The number of imide groups is 1. The van der Waals surface area contributed by atoms with E-state index >= 15 is 0 Å². The van der Waals surface area contributed by atoms with Gasteiger partial charge in [0.05, 0.1) is 26.0 Å². The summed E-state index contributed by atoms with van der Waals surface area (Å²) in [6.07, 6.45) is 0.377. The number of carbonyl (C=O) groups excluding carboxylic acids is 2. The number of methoxy groups -OCH3 is 2. The highest BCUT2D eigenvalue weighted by Gasteiger charge is 2.39. The van der Waals surface area contributed by atoms with Gasteiger partial charge in [0.15, 0.2) is 0 Å². The first-order valence-corrected chi connectivity index (χ1v) is 8.87. The van der Waals surface area contributed by atoms with Crippen LogP contribution in [0.15, 0.2) is 42.5 Å². The predicted octanol–water partition coefficient (Wildman–Crippen LogP) is 3.65. The van der Waals surface area contributed by atoms with E-state index in [0.717, 1.165) is 17.3 Å². The second kappa shape index (κ2) is 7.78. The minimum atomic E-state index is -0.509. The number of rotatable bonds is 6. The topological polar surface area (TPSA) is 55.8 Å². The minimum Gasteiger partial charge on any atom is -0.497 e. The van der Waals surface area contributed by atoms with Crippen LogP contribution in [-0.4, -0.2) is 35.5 Å². The Morgan fingerprint density at radius 1 is 1.08 bits per heavy atom. The quantitative estimate of drug-likeness (QED) is 0.771. The number of nitrogens with zero attached hydrogens (tertiary/aromatic N) is 1. The van der Waals surface area contributed by atoms with Crippen LogP contribution in [0.1, 0.15) is 11.1 Å². The van der Waals surface area contributed by atoms with Gasteiger partial charge < -0.3 is 9.47 Å². The van der Waals surface area contributed by atoms with Gasteiger partial charge in [-0.2, -0.15) is 0 Å². The molecule has 0 saturated carbocycles. The first kappa shape index (κ1) is 18.3. The Kier molecular flexibility index (Phi) is 5.46. The van der Waals surface area contributed by atoms with Crippen LogP contribution in [0.2, 0.25) is 0 Å². The van der Waals surface area contributed by atoms with Gasteiger partial charge in [-0.3, -0.25) is 14.5 Å². The standard InChI is InChI=1S/C19H18FNO4S/c1-24-15-8-5-13(16(10-15)25-2)9-17-18(22)21(19(23)26-17)11-12-3-6-14(20)7-4-12/h3-8,10,17H,9,11H2,1-2H3/t17-/m1/s1. The Morgan fingerprint density at radius 3 is 2.46 bits per heavy atom. The van der Waals surface area contributed by atoms with E-state index in [1.807, 2.05) is 6.07 Å². The third-order valence-corrected chi connectivity index (χ3v) is 5.23. The molecule has 26 heavy (non-hydrogen) atoms. The fourth-order valence-corrected chi connectivity index (χ4v) is 3.78. The van der Waals surface area contributed by atoms with Crippen LogP contribution in [0, 0.1) is 5.82 Å². The Morgan fingerprint density at radius 2 is 1.81 bits per heavy atom. The highest BCUT2D eigenvalue weighted by atomic mass is 32.2. The number of thioether (sulfide) groups is 1. The highest BCUT2D eigenvalue weighted by molar-refractivity contribution is 8.15. The van der Waals surface area contributed by atoms with E-state index < -0.39 is 5.25 Å². The Bertz CT molecular complexity index is 825. The molecule has 0 aliphatic carbocycles. The van der Waals surface area contributed by atoms with Crippen molar-refractivity contribution in [2.75, 3.05) is 14.2 Å². The van der Waals surface area contributed by atoms with Gasteiger partial charge >= 0.3 is 0 Å². The van der Waals surface area contributed by atoms with Gasteiger partial charge in [0.1, 0.15) is 17.3 Å². The van der Waals surface area contributed by atoms with Crippen molar-refractivity contribution in [3.63, 3.8) is 0 Å². The summed E-state index contributed by atoms with van der Waals surface area (Å²) < 4.78 is 23.5. The molecule has 136 valence electrons. The number of ether oxygens (including phenoxy) is 2. The molecule has 1 aliphatic rings. The zero-order valence-corrected chi connectivity index (χ0v) is 15.2.